The fourth-order valence-corrected chi connectivity index (χ4v) is 8.80. The molecule has 8 heteroatoms. The number of carbonyl (C=O) groups excluding carboxylic acids is 3. The first kappa shape index (κ1) is 26.0. The second kappa shape index (κ2) is 9.11. The molecule has 2 unspecified atom stereocenters. The van der Waals surface area contributed by atoms with Gasteiger partial charge in [-0.1, -0.05) is 32.0 Å². The lowest BCUT2D eigenvalue weighted by Gasteiger charge is -2.39. The van der Waals surface area contributed by atoms with Crippen LogP contribution in [0.15, 0.2) is 30.3 Å². The molecule has 2 bridgehead atoms. The average Bonchev–Trinajstić information content (AvgIpc) is 3.32. The van der Waals surface area contributed by atoms with Gasteiger partial charge in [0.1, 0.15) is 6.04 Å². The molecule has 192 valence electrons. The Balaban J connectivity index is 1.76. The summed E-state index contributed by atoms with van der Waals surface area (Å²) in [6.45, 7) is 11.7. The number of rotatable bonds is 7. The predicted octanol–water partition coefficient (Wildman–Crippen LogP) is 3.43. The standard InChI is InChI=1S/C27H39N3O4S/c1-16(2)14-18(15-31)30-21(23(33)29-25(3,4)5)27-13-12-26(6,35-27)19(20(27)24(30)34)22(32)28-17-10-8-7-9-11-17/h7-11,16,18-21,31H,12-15H2,1-6H3,(H,28,32)(H,29,33)/t18-,19-,20+,21?,26+,27?/m1/s1. The summed E-state index contributed by atoms with van der Waals surface area (Å²) < 4.78 is -1.12. The van der Waals surface area contributed by atoms with Gasteiger partial charge in [-0.2, -0.15) is 0 Å². The van der Waals surface area contributed by atoms with E-state index in [1.54, 1.807) is 16.7 Å². The summed E-state index contributed by atoms with van der Waals surface area (Å²) >= 11 is 1.65. The van der Waals surface area contributed by atoms with Crippen LogP contribution in [0.3, 0.4) is 0 Å². The van der Waals surface area contributed by atoms with E-state index in [0.717, 1.165) is 6.42 Å². The Labute approximate surface area is 212 Å². The zero-order valence-corrected chi connectivity index (χ0v) is 22.4. The molecular weight excluding hydrogens is 462 g/mol. The first-order valence-corrected chi connectivity index (χ1v) is 13.5. The lowest BCUT2D eigenvalue weighted by Crippen LogP contribution is -2.59. The fraction of sp³-hybridized carbons (Fsp3) is 0.667. The normalized spacial score (nSPS) is 32.6. The van der Waals surface area contributed by atoms with Crippen LogP contribution in [0.25, 0.3) is 0 Å². The van der Waals surface area contributed by atoms with Gasteiger partial charge in [0, 0.05) is 16.0 Å². The van der Waals surface area contributed by atoms with E-state index in [2.05, 4.69) is 17.6 Å². The molecule has 3 amide bonds. The van der Waals surface area contributed by atoms with Crippen molar-refractivity contribution in [3.05, 3.63) is 30.3 Å². The highest BCUT2D eigenvalue weighted by Gasteiger charge is 2.77. The van der Waals surface area contributed by atoms with Gasteiger partial charge in [0.2, 0.25) is 17.7 Å². The number of fused-ring (bicyclic) bond motifs is 1. The summed E-state index contributed by atoms with van der Waals surface area (Å²) in [6, 6.07) is 8.09. The van der Waals surface area contributed by atoms with Gasteiger partial charge in [-0.25, -0.2) is 0 Å². The third-order valence-corrected chi connectivity index (χ3v) is 9.62. The van der Waals surface area contributed by atoms with Crippen molar-refractivity contribution in [2.45, 2.75) is 87.9 Å². The monoisotopic (exact) mass is 501 g/mol. The van der Waals surface area contributed by atoms with E-state index in [9.17, 15) is 19.5 Å². The molecule has 1 spiro atoms. The number of amides is 3. The number of likely N-dealkylation sites (tertiary alicyclic amines) is 1. The molecule has 0 radical (unpaired) electrons. The second-order valence-electron chi connectivity index (χ2n) is 12.0. The molecule has 1 aromatic carbocycles. The zero-order valence-electron chi connectivity index (χ0n) is 21.6. The molecule has 3 aliphatic heterocycles. The molecule has 3 N–H and O–H groups in total. The second-order valence-corrected chi connectivity index (χ2v) is 13.9. The van der Waals surface area contributed by atoms with E-state index in [1.807, 2.05) is 65.0 Å². The number of anilines is 1. The highest BCUT2D eigenvalue weighted by Crippen LogP contribution is 2.71. The van der Waals surface area contributed by atoms with Crippen LogP contribution < -0.4 is 10.6 Å². The Morgan fingerprint density at radius 3 is 2.40 bits per heavy atom. The Bertz CT molecular complexity index is 994. The van der Waals surface area contributed by atoms with Crippen molar-refractivity contribution in [2.24, 2.45) is 17.8 Å². The summed E-state index contributed by atoms with van der Waals surface area (Å²) in [4.78, 5) is 43.3. The van der Waals surface area contributed by atoms with Crippen molar-refractivity contribution in [3.63, 3.8) is 0 Å². The summed E-state index contributed by atoms with van der Waals surface area (Å²) in [6.07, 6.45) is 2.04. The van der Waals surface area contributed by atoms with Crippen molar-refractivity contribution in [1.29, 1.82) is 0 Å². The molecule has 35 heavy (non-hydrogen) atoms. The highest BCUT2D eigenvalue weighted by atomic mass is 32.2. The van der Waals surface area contributed by atoms with Gasteiger partial charge < -0.3 is 20.6 Å². The van der Waals surface area contributed by atoms with Crippen LogP contribution in [0.2, 0.25) is 0 Å². The van der Waals surface area contributed by atoms with E-state index >= 15 is 0 Å². The number of para-hydroxylation sites is 1. The van der Waals surface area contributed by atoms with Crippen molar-refractivity contribution >= 4 is 35.2 Å². The number of nitrogens with zero attached hydrogens (tertiary/aromatic N) is 1. The van der Waals surface area contributed by atoms with E-state index < -0.39 is 39.0 Å². The molecule has 3 fully saturated rings. The SMILES string of the molecule is CC(C)C[C@H](CO)N1C(=O)[C@@H]2[C@H](C(=O)Nc3ccccc3)[C@]3(C)CCC2(S3)C1C(=O)NC(C)(C)C. The van der Waals surface area contributed by atoms with Crippen molar-refractivity contribution in [1.82, 2.24) is 10.2 Å². The summed E-state index contributed by atoms with van der Waals surface area (Å²) in [7, 11) is 0. The molecule has 3 heterocycles. The first-order valence-electron chi connectivity index (χ1n) is 12.6. The smallest absolute Gasteiger partial charge is 0.244 e. The van der Waals surface area contributed by atoms with Gasteiger partial charge in [0.25, 0.3) is 0 Å². The third kappa shape index (κ3) is 4.48. The average molecular weight is 502 g/mol. The van der Waals surface area contributed by atoms with Gasteiger partial charge >= 0.3 is 0 Å². The van der Waals surface area contributed by atoms with E-state index in [1.165, 1.54) is 0 Å². The molecule has 0 aromatic heterocycles. The predicted molar refractivity (Wildman–Crippen MR) is 139 cm³/mol. The number of hydrogen-bond acceptors (Lipinski definition) is 5. The number of aliphatic hydroxyl groups is 1. The largest absolute Gasteiger partial charge is 0.394 e. The molecule has 6 atom stereocenters. The van der Waals surface area contributed by atoms with Crippen LogP contribution >= 0.6 is 11.8 Å². The number of aliphatic hydroxyl groups excluding tert-OH is 1. The van der Waals surface area contributed by atoms with Crippen molar-refractivity contribution in [2.75, 3.05) is 11.9 Å². The lowest BCUT2D eigenvalue weighted by molar-refractivity contribution is -0.143. The van der Waals surface area contributed by atoms with Gasteiger partial charge in [-0.15, -0.1) is 11.8 Å². The number of benzene rings is 1. The van der Waals surface area contributed by atoms with Gasteiger partial charge in [-0.3, -0.25) is 14.4 Å². The van der Waals surface area contributed by atoms with E-state index in [4.69, 9.17) is 0 Å². The Morgan fingerprint density at radius 2 is 1.83 bits per heavy atom. The Morgan fingerprint density at radius 1 is 1.17 bits per heavy atom. The van der Waals surface area contributed by atoms with Crippen LogP contribution in [0.1, 0.15) is 60.8 Å². The van der Waals surface area contributed by atoms with Gasteiger partial charge in [0.15, 0.2) is 0 Å². The summed E-state index contributed by atoms with van der Waals surface area (Å²) in [5, 5.41) is 16.5. The van der Waals surface area contributed by atoms with Crippen LogP contribution in [0, 0.1) is 17.8 Å². The van der Waals surface area contributed by atoms with E-state index in [0.29, 0.717) is 18.5 Å². The number of hydrogen-bond donors (Lipinski definition) is 3. The Kier molecular flexibility index (Phi) is 6.77. The van der Waals surface area contributed by atoms with Crippen LogP contribution in [0.4, 0.5) is 5.69 Å². The first-order chi connectivity index (χ1) is 16.3. The molecule has 3 saturated heterocycles. The maximum Gasteiger partial charge on any atom is 0.244 e. The topological polar surface area (TPSA) is 98.7 Å². The zero-order chi connectivity index (χ0) is 25.8. The summed E-state index contributed by atoms with van der Waals surface area (Å²) in [5.74, 6) is -1.47. The number of nitrogens with one attached hydrogen (secondary N) is 2. The molecule has 3 aliphatic rings. The lowest BCUT2D eigenvalue weighted by atomic mass is 9.66. The molecule has 7 nitrogen and oxygen atoms in total. The minimum atomic E-state index is -0.725. The highest BCUT2D eigenvalue weighted by molar-refractivity contribution is 8.02. The molecule has 4 rings (SSSR count). The fourth-order valence-electron chi connectivity index (χ4n) is 6.46. The number of thioether (sulfide) groups is 1. The van der Waals surface area contributed by atoms with Gasteiger partial charge in [-0.05, 0) is 65.0 Å². The maximum absolute atomic E-state index is 14.2. The van der Waals surface area contributed by atoms with Crippen LogP contribution in [-0.2, 0) is 14.4 Å². The quantitative estimate of drug-likeness (QED) is 0.532. The van der Waals surface area contributed by atoms with Crippen molar-refractivity contribution < 1.29 is 19.5 Å². The van der Waals surface area contributed by atoms with E-state index in [-0.39, 0.29) is 30.2 Å². The molecule has 0 saturated carbocycles. The summed E-state index contributed by atoms with van der Waals surface area (Å²) in [5.41, 5.74) is 0.225. The number of carbonyl (C=O) groups is 3. The molecule has 1 aromatic rings. The molecule has 0 aliphatic carbocycles. The van der Waals surface area contributed by atoms with Crippen LogP contribution in [0.5, 0.6) is 0 Å². The van der Waals surface area contributed by atoms with Gasteiger partial charge in [0.05, 0.1) is 29.2 Å². The molecular formula is C27H39N3O4S. The maximum atomic E-state index is 14.2. The minimum Gasteiger partial charge on any atom is -0.394 e. The van der Waals surface area contributed by atoms with Crippen LogP contribution in [-0.4, -0.2) is 61.5 Å². The van der Waals surface area contributed by atoms with Crippen molar-refractivity contribution in [3.8, 4) is 0 Å². The third-order valence-electron chi connectivity index (χ3n) is 7.63. The Hall–Kier alpha value is -2.06. The minimum absolute atomic E-state index is 0.174.